The Bertz CT molecular complexity index is 311. The molecular weight excluding hydrogens is 208 g/mol. The molecule has 0 aliphatic heterocycles. The Morgan fingerprint density at radius 3 is 1.71 bits per heavy atom. The zero-order chi connectivity index (χ0) is 10.3. The fourth-order valence-electron chi connectivity index (χ4n) is 0.714. The van der Waals surface area contributed by atoms with E-state index in [9.17, 15) is 0 Å². The number of benzene rings is 1. The minimum absolute atomic E-state index is 0. The van der Waals surface area contributed by atoms with Crippen molar-refractivity contribution in [2.45, 2.75) is 13.3 Å². The van der Waals surface area contributed by atoms with E-state index in [0.717, 1.165) is 6.42 Å². The number of aryl methyl sites for hydroxylation is 1. The van der Waals surface area contributed by atoms with Crippen molar-refractivity contribution < 1.29 is 23.0 Å². The van der Waals surface area contributed by atoms with Gasteiger partial charge in [0.15, 0.2) is 0 Å². The molecule has 0 aliphatic rings. The Kier molecular flexibility index (Phi) is 8.26. The number of hydrogen-bond acceptors (Lipinski definition) is 4. The molecule has 1 rings (SSSR count). The molecule has 0 aliphatic carbocycles. The molecule has 0 atom stereocenters. The second-order valence-corrected chi connectivity index (χ2v) is 3.06. The van der Waals surface area contributed by atoms with Gasteiger partial charge >= 0.3 is 5.48 Å². The third-order valence-electron chi connectivity index (χ3n) is 1.25. The predicted octanol–water partition coefficient (Wildman–Crippen LogP) is 0.792. The monoisotopic (exact) mass is 218 g/mol. The molecule has 0 heterocycles. The highest BCUT2D eigenvalue weighted by molar-refractivity contribution is 7.79. The third-order valence-corrected chi connectivity index (χ3v) is 1.25. The molecular formula is C8H10O5S. The quantitative estimate of drug-likeness (QED) is 0.512. The molecule has 78 valence electrons. The molecule has 14 heavy (non-hydrogen) atoms. The zero-order valence-electron chi connectivity index (χ0n) is 7.54. The summed E-state index contributed by atoms with van der Waals surface area (Å²) in [6.07, 6.45) is 1.14. The van der Waals surface area contributed by atoms with Crippen LogP contribution in [0.5, 0.6) is 0 Å². The second kappa shape index (κ2) is 7.45. The molecule has 0 unspecified atom stereocenters. The van der Waals surface area contributed by atoms with Gasteiger partial charge in [-0.1, -0.05) is 37.3 Å². The molecule has 0 amide bonds. The van der Waals surface area contributed by atoms with Crippen LogP contribution in [0, 0.1) is 0 Å². The average Bonchev–Trinajstić information content (AvgIpc) is 2.03. The third kappa shape index (κ3) is 13.6. The minimum Gasteiger partial charge on any atom is -0.759 e. The normalized spacial score (nSPS) is 9.36. The highest BCUT2D eigenvalue weighted by Crippen LogP contribution is 1.96. The van der Waals surface area contributed by atoms with Gasteiger partial charge in [-0.15, -0.1) is 0 Å². The van der Waals surface area contributed by atoms with E-state index >= 15 is 0 Å². The van der Waals surface area contributed by atoms with Gasteiger partial charge in [-0.25, -0.2) is 0 Å². The summed E-state index contributed by atoms with van der Waals surface area (Å²) in [6.45, 7) is 2.16. The summed E-state index contributed by atoms with van der Waals surface area (Å²) in [7, 11) is -5.17. The summed E-state index contributed by atoms with van der Waals surface area (Å²) in [4.78, 5) is 0. The van der Waals surface area contributed by atoms with Crippen molar-refractivity contribution in [3.8, 4) is 0 Å². The molecule has 0 spiro atoms. The molecule has 0 saturated carbocycles. The van der Waals surface area contributed by atoms with Crippen molar-refractivity contribution in [3.05, 3.63) is 35.9 Å². The largest absolute Gasteiger partial charge is 2.00 e. The van der Waals surface area contributed by atoms with Crippen molar-refractivity contribution in [1.82, 2.24) is 0 Å². The van der Waals surface area contributed by atoms with Gasteiger partial charge in [-0.05, 0) is 12.0 Å². The topological polar surface area (TPSA) is 109 Å². The first kappa shape index (κ1) is 15.5. The smallest absolute Gasteiger partial charge is 0.759 e. The molecule has 0 fully saturated rings. The lowest BCUT2D eigenvalue weighted by Crippen LogP contribution is -1.91. The molecule has 0 saturated heterocycles. The van der Waals surface area contributed by atoms with Gasteiger partial charge in [0, 0.05) is 10.4 Å². The lowest BCUT2D eigenvalue weighted by Gasteiger charge is -2.06. The van der Waals surface area contributed by atoms with E-state index < -0.39 is 10.4 Å². The minimum atomic E-state index is -5.17. The Hall–Kier alpha value is -0.950. The number of rotatable bonds is 1. The summed E-state index contributed by atoms with van der Waals surface area (Å²) in [5.41, 5.74) is 1.41. The molecule has 4 radical (unpaired) electrons. The van der Waals surface area contributed by atoms with E-state index in [1.54, 1.807) is 0 Å². The zero-order valence-corrected chi connectivity index (χ0v) is 8.36. The van der Waals surface area contributed by atoms with Crippen LogP contribution < -0.4 is 0 Å². The van der Waals surface area contributed by atoms with Crippen molar-refractivity contribution in [2.75, 3.05) is 0 Å². The molecule has 0 aromatic heterocycles. The fraction of sp³-hybridized carbons (Fsp3) is 0.250. The first-order valence-electron chi connectivity index (χ1n) is 3.64. The van der Waals surface area contributed by atoms with Crippen molar-refractivity contribution >= 4 is 10.4 Å². The summed E-state index contributed by atoms with van der Waals surface area (Å²) in [5.74, 6) is 0. The standard InChI is InChI=1S/C8H10.H2O4S.O/c1-2-8-6-4-3-5-7-8;1-5(2,3)4;/h3-7H,2H2,1H3;(H2,1,2,3,4);/q;;+2/p-2. The highest BCUT2D eigenvalue weighted by atomic mass is 32.3. The Morgan fingerprint density at radius 1 is 1.14 bits per heavy atom. The average molecular weight is 218 g/mol. The van der Waals surface area contributed by atoms with E-state index in [0.29, 0.717) is 0 Å². The van der Waals surface area contributed by atoms with Crippen LogP contribution in [0.25, 0.3) is 0 Å². The van der Waals surface area contributed by atoms with E-state index in [1.807, 2.05) is 6.07 Å². The van der Waals surface area contributed by atoms with E-state index in [-0.39, 0.29) is 5.48 Å². The second-order valence-electron chi connectivity index (χ2n) is 2.25. The van der Waals surface area contributed by atoms with Gasteiger partial charge in [0.2, 0.25) is 0 Å². The summed E-state index contributed by atoms with van der Waals surface area (Å²) in [5, 5.41) is 0. The maximum Gasteiger partial charge on any atom is 2.00 e. The van der Waals surface area contributed by atoms with Gasteiger partial charge < -0.3 is 9.11 Å². The summed E-state index contributed by atoms with van der Waals surface area (Å²) >= 11 is 0. The van der Waals surface area contributed by atoms with Crippen molar-refractivity contribution in [1.29, 1.82) is 0 Å². The lowest BCUT2D eigenvalue weighted by molar-refractivity contribution is 0.352. The molecule has 5 nitrogen and oxygen atoms in total. The summed E-state index contributed by atoms with van der Waals surface area (Å²) in [6, 6.07) is 10.5. The Balaban J connectivity index is 0. The van der Waals surface area contributed by atoms with Gasteiger partial charge in [0.05, 0.1) is 0 Å². The Morgan fingerprint density at radius 2 is 1.50 bits per heavy atom. The maximum absolute atomic E-state index is 8.52. The van der Waals surface area contributed by atoms with Crippen LogP contribution in [-0.4, -0.2) is 17.5 Å². The van der Waals surface area contributed by atoms with Gasteiger partial charge in [0.25, 0.3) is 0 Å². The van der Waals surface area contributed by atoms with Gasteiger partial charge in [-0.3, -0.25) is 8.42 Å². The van der Waals surface area contributed by atoms with Crippen LogP contribution in [-0.2, 0) is 22.3 Å². The van der Waals surface area contributed by atoms with Crippen LogP contribution >= 0.6 is 0 Å². The van der Waals surface area contributed by atoms with Crippen LogP contribution in [0.1, 0.15) is 12.5 Å². The number of hydrogen-bond donors (Lipinski definition) is 0. The maximum atomic E-state index is 8.52. The molecule has 0 N–H and O–H groups in total. The van der Waals surface area contributed by atoms with Gasteiger partial charge in [-0.2, -0.15) is 0 Å². The van der Waals surface area contributed by atoms with Crippen LogP contribution in [0.15, 0.2) is 30.3 Å². The molecule has 1 aromatic rings. The molecule has 0 bridgehead atoms. The molecule has 6 heteroatoms. The molecule has 1 aromatic carbocycles. The van der Waals surface area contributed by atoms with Crippen molar-refractivity contribution in [2.24, 2.45) is 0 Å². The van der Waals surface area contributed by atoms with E-state index in [4.69, 9.17) is 17.5 Å². The Labute approximate surface area is 83.3 Å². The van der Waals surface area contributed by atoms with E-state index in [1.165, 1.54) is 5.56 Å². The lowest BCUT2D eigenvalue weighted by atomic mass is 10.2. The van der Waals surface area contributed by atoms with Crippen molar-refractivity contribution in [3.63, 3.8) is 0 Å². The van der Waals surface area contributed by atoms with E-state index in [2.05, 4.69) is 31.2 Å². The highest BCUT2D eigenvalue weighted by Gasteiger charge is 2.00. The van der Waals surface area contributed by atoms with Gasteiger partial charge in [0.1, 0.15) is 0 Å². The fourth-order valence-corrected chi connectivity index (χ4v) is 0.714. The first-order valence-corrected chi connectivity index (χ1v) is 4.97. The first-order chi connectivity index (χ1) is 5.93. The summed E-state index contributed by atoms with van der Waals surface area (Å²) < 4.78 is 34.1. The van der Waals surface area contributed by atoms with Crippen LogP contribution in [0.4, 0.5) is 0 Å². The van der Waals surface area contributed by atoms with Crippen LogP contribution in [0.2, 0.25) is 0 Å². The van der Waals surface area contributed by atoms with Crippen LogP contribution in [0.3, 0.4) is 0 Å². The SMILES string of the molecule is CCc1ccccc1.O=S(=O)([O-])[O-].[O+2]. The predicted molar refractivity (Wildman–Crippen MR) is 47.0 cm³/mol.